The Morgan fingerprint density at radius 3 is 2.23 bits per heavy atom. The lowest BCUT2D eigenvalue weighted by Gasteiger charge is -2.59. The molecular formula is C11H17FO. The Hall–Kier alpha value is -0.110. The Bertz CT molecular complexity index is 224. The second-order valence-electron chi connectivity index (χ2n) is 5.82. The molecule has 4 aliphatic rings. The van der Waals surface area contributed by atoms with Gasteiger partial charge in [0.05, 0.1) is 12.3 Å². The number of halogens is 1. The number of hydrogen-bond donors (Lipinski definition) is 1. The standard InChI is InChI=1S/C11H17FO/c12-7-10-2-8-1-9(3-10)5-11(13,4-8)6-10/h8-9,13H,1-7H2. The van der Waals surface area contributed by atoms with E-state index < -0.39 is 5.60 Å². The van der Waals surface area contributed by atoms with Gasteiger partial charge in [-0.25, -0.2) is 0 Å². The molecule has 4 fully saturated rings. The molecule has 0 heterocycles. The van der Waals surface area contributed by atoms with Crippen molar-refractivity contribution in [2.45, 2.75) is 44.1 Å². The van der Waals surface area contributed by atoms with Gasteiger partial charge in [-0.15, -0.1) is 0 Å². The van der Waals surface area contributed by atoms with Crippen LogP contribution in [0.4, 0.5) is 4.39 Å². The third-order valence-corrected chi connectivity index (χ3v) is 4.43. The summed E-state index contributed by atoms with van der Waals surface area (Å²) in [5.74, 6) is 1.25. The van der Waals surface area contributed by atoms with Crippen LogP contribution in [0.15, 0.2) is 0 Å². The van der Waals surface area contributed by atoms with Crippen LogP contribution >= 0.6 is 0 Å². The molecule has 0 aromatic carbocycles. The van der Waals surface area contributed by atoms with Crippen LogP contribution in [-0.4, -0.2) is 17.4 Å². The van der Waals surface area contributed by atoms with Gasteiger partial charge in [0.15, 0.2) is 0 Å². The summed E-state index contributed by atoms with van der Waals surface area (Å²) in [7, 11) is 0. The number of alkyl halides is 1. The van der Waals surface area contributed by atoms with E-state index in [1.807, 2.05) is 0 Å². The first-order valence-electron chi connectivity index (χ1n) is 5.42. The molecule has 0 aliphatic heterocycles. The molecular weight excluding hydrogens is 167 g/mol. The average molecular weight is 184 g/mol. The smallest absolute Gasteiger partial charge is 0.0951 e. The van der Waals surface area contributed by atoms with E-state index >= 15 is 0 Å². The van der Waals surface area contributed by atoms with Gasteiger partial charge in [0.25, 0.3) is 0 Å². The first-order chi connectivity index (χ1) is 6.13. The second-order valence-corrected chi connectivity index (χ2v) is 5.82. The third-order valence-electron chi connectivity index (χ3n) is 4.43. The van der Waals surface area contributed by atoms with Crippen molar-refractivity contribution in [2.24, 2.45) is 17.3 Å². The summed E-state index contributed by atoms with van der Waals surface area (Å²) in [4.78, 5) is 0. The number of hydrogen-bond acceptors (Lipinski definition) is 1. The highest BCUT2D eigenvalue weighted by Crippen LogP contribution is 2.61. The summed E-state index contributed by atoms with van der Waals surface area (Å²) in [5.41, 5.74) is -0.588. The normalized spacial score (nSPS) is 58.6. The first-order valence-corrected chi connectivity index (χ1v) is 5.42. The fraction of sp³-hybridized carbons (Fsp3) is 1.00. The molecule has 1 N–H and O–H groups in total. The average Bonchev–Trinajstić information content (AvgIpc) is 1.99. The van der Waals surface area contributed by atoms with Crippen molar-refractivity contribution in [3.8, 4) is 0 Å². The van der Waals surface area contributed by atoms with Crippen molar-refractivity contribution >= 4 is 0 Å². The van der Waals surface area contributed by atoms with Gasteiger partial charge >= 0.3 is 0 Å². The van der Waals surface area contributed by atoms with Gasteiger partial charge in [-0.3, -0.25) is 4.39 Å². The zero-order valence-corrected chi connectivity index (χ0v) is 7.93. The predicted octanol–water partition coefficient (Wildman–Crippen LogP) is 2.29. The van der Waals surface area contributed by atoms with Crippen LogP contribution in [0.5, 0.6) is 0 Å². The van der Waals surface area contributed by atoms with Gasteiger partial charge in [-0.05, 0) is 50.4 Å². The van der Waals surface area contributed by atoms with Crippen LogP contribution in [0.1, 0.15) is 38.5 Å². The van der Waals surface area contributed by atoms with E-state index in [1.54, 1.807) is 0 Å². The Morgan fingerprint density at radius 1 is 1.15 bits per heavy atom. The molecule has 0 aromatic heterocycles. The lowest BCUT2D eigenvalue weighted by atomic mass is 9.48. The molecule has 4 saturated carbocycles. The maximum atomic E-state index is 13.0. The Balaban J connectivity index is 1.95. The van der Waals surface area contributed by atoms with E-state index in [0.717, 1.165) is 32.1 Å². The van der Waals surface area contributed by atoms with Crippen molar-refractivity contribution in [1.29, 1.82) is 0 Å². The monoisotopic (exact) mass is 184 g/mol. The van der Waals surface area contributed by atoms with Crippen LogP contribution < -0.4 is 0 Å². The molecule has 4 bridgehead atoms. The van der Waals surface area contributed by atoms with E-state index in [0.29, 0.717) is 11.8 Å². The Kier molecular flexibility index (Phi) is 1.44. The van der Waals surface area contributed by atoms with Crippen LogP contribution in [0.25, 0.3) is 0 Å². The summed E-state index contributed by atoms with van der Waals surface area (Å²) in [6.07, 6.45) is 5.98. The van der Waals surface area contributed by atoms with Crippen LogP contribution in [0, 0.1) is 17.3 Å². The Morgan fingerprint density at radius 2 is 1.77 bits per heavy atom. The summed E-state index contributed by atoms with van der Waals surface area (Å²) in [6, 6.07) is 0. The minimum atomic E-state index is -0.476. The van der Waals surface area contributed by atoms with Gasteiger partial charge in [0.1, 0.15) is 0 Å². The summed E-state index contributed by atoms with van der Waals surface area (Å²) < 4.78 is 13.0. The quantitative estimate of drug-likeness (QED) is 0.663. The first kappa shape index (κ1) is 8.22. The molecule has 13 heavy (non-hydrogen) atoms. The van der Waals surface area contributed by atoms with Gasteiger partial charge in [-0.1, -0.05) is 0 Å². The molecule has 74 valence electrons. The van der Waals surface area contributed by atoms with E-state index in [2.05, 4.69) is 0 Å². The van der Waals surface area contributed by atoms with E-state index in [9.17, 15) is 9.50 Å². The Labute approximate surface area is 78.3 Å². The number of rotatable bonds is 1. The van der Waals surface area contributed by atoms with Crippen molar-refractivity contribution < 1.29 is 9.50 Å². The van der Waals surface area contributed by atoms with E-state index in [4.69, 9.17) is 0 Å². The SMILES string of the molecule is OC12CC3CC(C1)CC(CF)(C3)C2. The van der Waals surface area contributed by atoms with E-state index in [-0.39, 0.29) is 12.1 Å². The number of aliphatic hydroxyl groups is 1. The molecule has 4 aliphatic carbocycles. The van der Waals surface area contributed by atoms with E-state index in [1.165, 1.54) is 6.42 Å². The van der Waals surface area contributed by atoms with Crippen LogP contribution in [-0.2, 0) is 0 Å². The molecule has 2 atom stereocenters. The molecule has 0 saturated heterocycles. The molecule has 2 unspecified atom stereocenters. The maximum Gasteiger partial charge on any atom is 0.0951 e. The minimum Gasteiger partial charge on any atom is -0.390 e. The van der Waals surface area contributed by atoms with Crippen molar-refractivity contribution in [1.82, 2.24) is 0 Å². The fourth-order valence-corrected chi connectivity index (χ4v) is 4.56. The summed E-state index contributed by atoms with van der Waals surface area (Å²) >= 11 is 0. The molecule has 0 amide bonds. The van der Waals surface area contributed by atoms with Crippen molar-refractivity contribution in [3.05, 3.63) is 0 Å². The predicted molar refractivity (Wildman–Crippen MR) is 48.0 cm³/mol. The summed E-state index contributed by atoms with van der Waals surface area (Å²) in [6.45, 7) is -0.206. The van der Waals surface area contributed by atoms with Crippen molar-refractivity contribution in [3.63, 3.8) is 0 Å². The van der Waals surface area contributed by atoms with Crippen LogP contribution in [0.2, 0.25) is 0 Å². The molecule has 2 heteroatoms. The maximum absolute atomic E-state index is 13.0. The molecule has 0 aromatic rings. The lowest BCUT2D eigenvalue weighted by molar-refractivity contribution is -0.168. The molecule has 1 nitrogen and oxygen atoms in total. The summed E-state index contributed by atoms with van der Waals surface area (Å²) in [5, 5.41) is 10.2. The third kappa shape index (κ3) is 1.08. The molecule has 4 rings (SSSR count). The fourth-order valence-electron chi connectivity index (χ4n) is 4.56. The second kappa shape index (κ2) is 2.28. The molecule has 0 radical (unpaired) electrons. The van der Waals surface area contributed by atoms with Gasteiger partial charge in [0.2, 0.25) is 0 Å². The lowest BCUT2D eigenvalue weighted by Crippen LogP contribution is -2.56. The van der Waals surface area contributed by atoms with Crippen molar-refractivity contribution in [2.75, 3.05) is 6.67 Å². The van der Waals surface area contributed by atoms with Crippen LogP contribution in [0.3, 0.4) is 0 Å². The highest BCUT2D eigenvalue weighted by atomic mass is 19.1. The van der Waals surface area contributed by atoms with Gasteiger partial charge in [-0.2, -0.15) is 0 Å². The molecule has 0 spiro atoms. The highest BCUT2D eigenvalue weighted by molar-refractivity contribution is 5.08. The zero-order valence-electron chi connectivity index (χ0n) is 7.93. The topological polar surface area (TPSA) is 20.2 Å². The highest BCUT2D eigenvalue weighted by Gasteiger charge is 2.57. The largest absolute Gasteiger partial charge is 0.390 e. The minimum absolute atomic E-state index is 0.112. The zero-order chi connectivity index (χ0) is 9.10. The van der Waals surface area contributed by atoms with Gasteiger partial charge < -0.3 is 5.11 Å². The van der Waals surface area contributed by atoms with Gasteiger partial charge in [0, 0.05) is 5.41 Å².